The monoisotopic (exact) mass is 295 g/mol. The smallest absolute Gasteiger partial charge is 0.0418 e. The summed E-state index contributed by atoms with van der Waals surface area (Å²) < 4.78 is 1.17. The van der Waals surface area contributed by atoms with Crippen LogP contribution in [0.2, 0.25) is 0 Å². The van der Waals surface area contributed by atoms with E-state index in [1.54, 1.807) is 11.3 Å². The van der Waals surface area contributed by atoms with E-state index in [0.29, 0.717) is 0 Å². The van der Waals surface area contributed by atoms with Gasteiger partial charge in [-0.1, -0.05) is 12.8 Å². The third-order valence-corrected chi connectivity index (χ3v) is 4.62. The van der Waals surface area contributed by atoms with Crippen LogP contribution < -0.4 is 5.73 Å². The van der Waals surface area contributed by atoms with Crippen molar-refractivity contribution in [3.63, 3.8) is 0 Å². The van der Waals surface area contributed by atoms with E-state index < -0.39 is 0 Å². The molecule has 0 spiro atoms. The highest BCUT2D eigenvalue weighted by Crippen LogP contribution is 2.37. The van der Waals surface area contributed by atoms with Gasteiger partial charge >= 0.3 is 0 Å². The molecule has 0 unspecified atom stereocenters. The highest BCUT2D eigenvalue weighted by Gasteiger charge is 2.23. The van der Waals surface area contributed by atoms with Crippen LogP contribution in [0.15, 0.2) is 15.9 Å². The summed E-state index contributed by atoms with van der Waals surface area (Å²) in [7, 11) is 0. The largest absolute Gasteiger partial charge is 0.323 e. The lowest BCUT2D eigenvalue weighted by molar-refractivity contribution is 0.450. The van der Waals surface area contributed by atoms with Crippen molar-refractivity contribution < 1.29 is 0 Å². The van der Waals surface area contributed by atoms with Crippen LogP contribution in [0.4, 0.5) is 0 Å². The Hall–Kier alpha value is 0.430. The lowest BCUT2D eigenvalue weighted by Crippen LogP contribution is -2.17. The Labute approximate surface area is 104 Å². The predicted molar refractivity (Wildman–Crippen MR) is 68.2 cm³/mol. The lowest BCUT2D eigenvalue weighted by atomic mass is 9.98. The number of rotatable bonds is 2. The molecule has 1 heterocycles. The molecule has 2 rings (SSSR count). The molecule has 0 saturated heterocycles. The summed E-state index contributed by atoms with van der Waals surface area (Å²) >= 11 is 5.24. The molecule has 0 radical (unpaired) electrons. The molecule has 1 aliphatic rings. The van der Waals surface area contributed by atoms with Crippen LogP contribution in [0.5, 0.6) is 0 Å². The van der Waals surface area contributed by atoms with Crippen molar-refractivity contribution in [2.45, 2.75) is 31.7 Å². The standard InChI is InChI=1S/C10H14BrNS.ClH/c11-8-5-9(13-6-8)10(12)7-3-1-2-4-7;/h5-7,10H,1-4,12H2;1H/t10-;/m0./s1. The molecule has 4 heteroatoms. The van der Waals surface area contributed by atoms with E-state index in [9.17, 15) is 0 Å². The third-order valence-electron chi connectivity index (χ3n) is 2.82. The summed E-state index contributed by atoms with van der Waals surface area (Å²) in [6.07, 6.45) is 5.36. The number of halogens is 2. The van der Waals surface area contributed by atoms with Gasteiger partial charge in [0.05, 0.1) is 0 Å². The average molecular weight is 297 g/mol. The normalized spacial score (nSPS) is 19.3. The minimum Gasteiger partial charge on any atom is -0.323 e. The zero-order chi connectivity index (χ0) is 9.26. The van der Waals surface area contributed by atoms with Gasteiger partial charge < -0.3 is 5.73 Å². The number of hydrogen-bond donors (Lipinski definition) is 1. The second-order valence-corrected chi connectivity index (χ2v) is 5.60. The van der Waals surface area contributed by atoms with Crippen molar-refractivity contribution in [3.8, 4) is 0 Å². The fourth-order valence-electron chi connectivity index (χ4n) is 2.05. The van der Waals surface area contributed by atoms with Crippen LogP contribution in [0.25, 0.3) is 0 Å². The van der Waals surface area contributed by atoms with E-state index in [0.717, 1.165) is 5.92 Å². The van der Waals surface area contributed by atoms with Gasteiger partial charge in [0, 0.05) is 20.8 Å². The Balaban J connectivity index is 0.000000980. The van der Waals surface area contributed by atoms with Crippen LogP contribution in [-0.2, 0) is 0 Å². The second-order valence-electron chi connectivity index (χ2n) is 3.74. The Bertz CT molecular complexity index is 283. The summed E-state index contributed by atoms with van der Waals surface area (Å²) in [6.45, 7) is 0. The SMILES string of the molecule is Cl.N[C@H](c1cc(Br)cs1)C1CCCC1. The molecule has 1 aromatic rings. The molecule has 1 aliphatic carbocycles. The Morgan fingerprint density at radius 1 is 1.43 bits per heavy atom. The van der Waals surface area contributed by atoms with Gasteiger partial charge in [-0.3, -0.25) is 0 Å². The van der Waals surface area contributed by atoms with Crippen LogP contribution in [0, 0.1) is 5.92 Å². The highest BCUT2D eigenvalue weighted by atomic mass is 79.9. The van der Waals surface area contributed by atoms with Crippen LogP contribution >= 0.6 is 39.7 Å². The number of nitrogens with two attached hydrogens (primary N) is 1. The quantitative estimate of drug-likeness (QED) is 0.873. The van der Waals surface area contributed by atoms with Crippen molar-refractivity contribution in [3.05, 3.63) is 20.8 Å². The first-order valence-corrected chi connectivity index (χ1v) is 6.44. The highest BCUT2D eigenvalue weighted by molar-refractivity contribution is 9.10. The molecular formula is C10H15BrClNS. The minimum atomic E-state index is 0. The molecule has 80 valence electrons. The number of thiophene rings is 1. The molecule has 0 bridgehead atoms. The lowest BCUT2D eigenvalue weighted by Gasteiger charge is -2.16. The molecule has 1 nitrogen and oxygen atoms in total. The molecular weight excluding hydrogens is 282 g/mol. The van der Waals surface area contributed by atoms with E-state index in [1.807, 2.05) is 0 Å². The zero-order valence-corrected chi connectivity index (χ0v) is 11.1. The summed E-state index contributed by atoms with van der Waals surface area (Å²) in [5.41, 5.74) is 6.20. The average Bonchev–Trinajstić information content (AvgIpc) is 2.72. The van der Waals surface area contributed by atoms with Crippen molar-refractivity contribution in [1.82, 2.24) is 0 Å². The van der Waals surface area contributed by atoms with E-state index >= 15 is 0 Å². The topological polar surface area (TPSA) is 26.0 Å². The molecule has 0 amide bonds. The summed E-state index contributed by atoms with van der Waals surface area (Å²) in [6, 6.07) is 2.44. The molecule has 1 fully saturated rings. The van der Waals surface area contributed by atoms with Crippen LogP contribution in [0.1, 0.15) is 36.6 Å². The Kier molecular flexibility index (Phi) is 4.91. The van der Waals surface area contributed by atoms with Crippen molar-refractivity contribution in [2.24, 2.45) is 11.7 Å². The first kappa shape index (κ1) is 12.5. The zero-order valence-electron chi connectivity index (χ0n) is 7.91. The van der Waals surface area contributed by atoms with Crippen molar-refractivity contribution in [1.29, 1.82) is 0 Å². The minimum absolute atomic E-state index is 0. The van der Waals surface area contributed by atoms with Gasteiger partial charge in [0.15, 0.2) is 0 Å². The molecule has 2 N–H and O–H groups in total. The Morgan fingerprint density at radius 3 is 2.57 bits per heavy atom. The van der Waals surface area contributed by atoms with Gasteiger partial charge in [-0.05, 0) is 40.8 Å². The van der Waals surface area contributed by atoms with Gasteiger partial charge in [0.1, 0.15) is 0 Å². The van der Waals surface area contributed by atoms with Crippen molar-refractivity contribution >= 4 is 39.7 Å². The van der Waals surface area contributed by atoms with Crippen molar-refractivity contribution in [2.75, 3.05) is 0 Å². The Morgan fingerprint density at radius 2 is 2.07 bits per heavy atom. The molecule has 1 saturated carbocycles. The first-order chi connectivity index (χ1) is 6.27. The summed E-state index contributed by atoms with van der Waals surface area (Å²) in [5, 5.41) is 2.12. The van der Waals surface area contributed by atoms with Gasteiger partial charge in [0.2, 0.25) is 0 Å². The molecule has 0 aromatic carbocycles. The molecule has 1 atom stereocenters. The number of hydrogen-bond acceptors (Lipinski definition) is 2. The van der Waals surface area contributed by atoms with E-state index in [2.05, 4.69) is 27.4 Å². The van der Waals surface area contributed by atoms with Gasteiger partial charge in [-0.15, -0.1) is 23.7 Å². The van der Waals surface area contributed by atoms with E-state index in [1.165, 1.54) is 35.0 Å². The van der Waals surface area contributed by atoms with E-state index in [4.69, 9.17) is 5.73 Å². The molecule has 0 aliphatic heterocycles. The van der Waals surface area contributed by atoms with E-state index in [-0.39, 0.29) is 18.4 Å². The fraction of sp³-hybridized carbons (Fsp3) is 0.600. The summed E-state index contributed by atoms with van der Waals surface area (Å²) in [5.74, 6) is 0.727. The second kappa shape index (κ2) is 5.50. The third kappa shape index (κ3) is 2.72. The maximum Gasteiger partial charge on any atom is 0.0418 e. The maximum atomic E-state index is 6.20. The van der Waals surface area contributed by atoms with Gasteiger partial charge in [0.25, 0.3) is 0 Å². The first-order valence-electron chi connectivity index (χ1n) is 4.77. The van der Waals surface area contributed by atoms with Gasteiger partial charge in [-0.2, -0.15) is 0 Å². The van der Waals surface area contributed by atoms with Crippen LogP contribution in [-0.4, -0.2) is 0 Å². The predicted octanol–water partition coefficient (Wildman–Crippen LogP) is 4.12. The molecule has 1 aromatic heterocycles. The maximum absolute atomic E-state index is 6.20. The van der Waals surface area contributed by atoms with Crippen LogP contribution in [0.3, 0.4) is 0 Å². The molecule has 14 heavy (non-hydrogen) atoms. The summed E-state index contributed by atoms with van der Waals surface area (Å²) in [4.78, 5) is 1.33. The fourth-order valence-corrected chi connectivity index (χ4v) is 3.59. The van der Waals surface area contributed by atoms with Gasteiger partial charge in [-0.25, -0.2) is 0 Å².